The summed E-state index contributed by atoms with van der Waals surface area (Å²) in [4.78, 5) is 26.3. The van der Waals surface area contributed by atoms with Gasteiger partial charge >= 0.3 is 12.0 Å². The third-order valence-corrected chi connectivity index (χ3v) is 3.53. The van der Waals surface area contributed by atoms with E-state index in [-0.39, 0.29) is 12.6 Å². The lowest BCUT2D eigenvalue weighted by Gasteiger charge is -2.22. The summed E-state index contributed by atoms with van der Waals surface area (Å²) in [6.45, 7) is 7.63. The minimum atomic E-state index is -0.810. The van der Waals surface area contributed by atoms with Crippen molar-refractivity contribution in [2.75, 3.05) is 39.3 Å². The zero-order valence-corrected chi connectivity index (χ0v) is 11.9. The molecule has 0 aromatic carbocycles. The van der Waals surface area contributed by atoms with Crippen LogP contribution in [0.5, 0.6) is 0 Å². The van der Waals surface area contributed by atoms with Crippen molar-refractivity contribution in [3.05, 3.63) is 0 Å². The average molecular weight is 271 g/mol. The largest absolute Gasteiger partial charge is 0.480 e. The average Bonchev–Trinajstić information content (AvgIpc) is 2.60. The van der Waals surface area contributed by atoms with Crippen LogP contribution < -0.4 is 5.32 Å². The lowest BCUT2D eigenvalue weighted by atomic mass is 10.1. The van der Waals surface area contributed by atoms with Crippen molar-refractivity contribution in [2.45, 2.75) is 26.7 Å². The number of amides is 2. The number of nitrogens with zero attached hydrogens (tertiary/aromatic N) is 2. The van der Waals surface area contributed by atoms with Crippen LogP contribution in [0, 0.1) is 5.92 Å². The standard InChI is InChI=1S/C13H25N3O3/c1-3-11(2)9-14-13(19)16-6-4-5-15(7-8-16)10-12(17)18/h11H,3-10H2,1-2H3,(H,14,19)(H,17,18). The quantitative estimate of drug-likeness (QED) is 0.777. The highest BCUT2D eigenvalue weighted by atomic mass is 16.4. The van der Waals surface area contributed by atoms with Crippen molar-refractivity contribution in [2.24, 2.45) is 5.92 Å². The van der Waals surface area contributed by atoms with Crippen LogP contribution in [0.2, 0.25) is 0 Å². The van der Waals surface area contributed by atoms with E-state index in [1.54, 1.807) is 4.90 Å². The molecule has 0 aromatic rings. The van der Waals surface area contributed by atoms with Crippen LogP contribution in [0.25, 0.3) is 0 Å². The van der Waals surface area contributed by atoms with Gasteiger partial charge in [0.05, 0.1) is 6.54 Å². The van der Waals surface area contributed by atoms with Gasteiger partial charge in [-0.1, -0.05) is 20.3 Å². The molecule has 6 heteroatoms. The Morgan fingerprint density at radius 3 is 2.63 bits per heavy atom. The van der Waals surface area contributed by atoms with Gasteiger partial charge < -0.3 is 15.3 Å². The van der Waals surface area contributed by atoms with Gasteiger partial charge in [0.25, 0.3) is 0 Å². The molecule has 0 spiro atoms. The third-order valence-electron chi connectivity index (χ3n) is 3.53. The summed E-state index contributed by atoms with van der Waals surface area (Å²) in [7, 11) is 0. The summed E-state index contributed by atoms with van der Waals surface area (Å²) >= 11 is 0. The van der Waals surface area contributed by atoms with Crippen LogP contribution in [0.1, 0.15) is 26.7 Å². The lowest BCUT2D eigenvalue weighted by molar-refractivity contribution is -0.138. The number of hydrogen-bond acceptors (Lipinski definition) is 3. The maximum atomic E-state index is 12.0. The lowest BCUT2D eigenvalue weighted by Crippen LogP contribution is -2.43. The van der Waals surface area contributed by atoms with Gasteiger partial charge in [0.2, 0.25) is 0 Å². The van der Waals surface area contributed by atoms with E-state index in [0.717, 1.165) is 19.4 Å². The molecule has 1 atom stereocenters. The zero-order valence-electron chi connectivity index (χ0n) is 11.9. The predicted octanol–water partition coefficient (Wildman–Crippen LogP) is 0.834. The van der Waals surface area contributed by atoms with Gasteiger partial charge in [0, 0.05) is 32.7 Å². The second kappa shape index (κ2) is 7.99. The van der Waals surface area contributed by atoms with Crippen molar-refractivity contribution in [1.82, 2.24) is 15.1 Å². The highest BCUT2D eigenvalue weighted by Crippen LogP contribution is 2.04. The summed E-state index contributed by atoms with van der Waals surface area (Å²) in [5.41, 5.74) is 0. The monoisotopic (exact) mass is 271 g/mol. The van der Waals surface area contributed by atoms with Crippen LogP contribution in [-0.2, 0) is 4.79 Å². The minimum Gasteiger partial charge on any atom is -0.480 e. The molecule has 1 fully saturated rings. The Morgan fingerprint density at radius 1 is 1.26 bits per heavy atom. The van der Waals surface area contributed by atoms with Crippen LogP contribution in [0.4, 0.5) is 4.79 Å². The van der Waals surface area contributed by atoms with Crippen molar-refractivity contribution in [1.29, 1.82) is 0 Å². The number of aliphatic carboxylic acids is 1. The van der Waals surface area contributed by atoms with E-state index < -0.39 is 5.97 Å². The third kappa shape index (κ3) is 5.92. The normalized spacial score (nSPS) is 18.7. The molecule has 0 radical (unpaired) electrons. The van der Waals surface area contributed by atoms with E-state index in [0.29, 0.717) is 32.1 Å². The molecule has 19 heavy (non-hydrogen) atoms. The number of nitrogens with one attached hydrogen (secondary N) is 1. The highest BCUT2D eigenvalue weighted by Gasteiger charge is 2.20. The summed E-state index contributed by atoms with van der Waals surface area (Å²) in [6, 6.07) is -0.0301. The molecule has 1 aliphatic rings. The molecule has 1 aliphatic heterocycles. The van der Waals surface area contributed by atoms with E-state index in [1.807, 2.05) is 4.90 Å². The first-order valence-corrected chi connectivity index (χ1v) is 6.99. The number of rotatable bonds is 5. The van der Waals surface area contributed by atoms with Crippen molar-refractivity contribution in [3.8, 4) is 0 Å². The van der Waals surface area contributed by atoms with Crippen LogP contribution >= 0.6 is 0 Å². The first kappa shape index (κ1) is 15.8. The van der Waals surface area contributed by atoms with Gasteiger partial charge in [-0.05, 0) is 12.3 Å². The van der Waals surface area contributed by atoms with Crippen molar-refractivity contribution < 1.29 is 14.7 Å². The zero-order chi connectivity index (χ0) is 14.3. The molecule has 0 aromatic heterocycles. The fraction of sp³-hybridized carbons (Fsp3) is 0.846. The fourth-order valence-electron chi connectivity index (χ4n) is 2.04. The molecular formula is C13H25N3O3. The van der Waals surface area contributed by atoms with Gasteiger partial charge in [0.1, 0.15) is 0 Å². The Hall–Kier alpha value is -1.30. The molecule has 110 valence electrons. The molecule has 1 unspecified atom stereocenters. The van der Waals surface area contributed by atoms with E-state index in [4.69, 9.17) is 5.11 Å². The molecule has 2 amide bonds. The number of carbonyl (C=O) groups excluding carboxylic acids is 1. The summed E-state index contributed by atoms with van der Waals surface area (Å²) in [5, 5.41) is 11.7. The molecular weight excluding hydrogens is 246 g/mol. The van der Waals surface area contributed by atoms with E-state index in [1.165, 1.54) is 0 Å². The van der Waals surface area contributed by atoms with E-state index in [2.05, 4.69) is 19.2 Å². The second-order valence-electron chi connectivity index (χ2n) is 5.21. The molecule has 0 bridgehead atoms. The van der Waals surface area contributed by atoms with E-state index in [9.17, 15) is 9.59 Å². The van der Waals surface area contributed by atoms with Gasteiger partial charge in [-0.3, -0.25) is 9.69 Å². The highest BCUT2D eigenvalue weighted by molar-refractivity contribution is 5.74. The smallest absolute Gasteiger partial charge is 0.317 e. The molecule has 0 saturated carbocycles. The topological polar surface area (TPSA) is 72.9 Å². The van der Waals surface area contributed by atoms with Crippen molar-refractivity contribution >= 4 is 12.0 Å². The molecule has 1 saturated heterocycles. The molecule has 6 nitrogen and oxygen atoms in total. The molecule has 1 rings (SSSR count). The number of hydrogen-bond donors (Lipinski definition) is 2. The number of urea groups is 1. The SMILES string of the molecule is CCC(C)CNC(=O)N1CCCN(CC(=O)O)CC1. The van der Waals surface area contributed by atoms with Gasteiger partial charge in [-0.2, -0.15) is 0 Å². The van der Waals surface area contributed by atoms with Crippen LogP contribution in [0.15, 0.2) is 0 Å². The van der Waals surface area contributed by atoms with Crippen LogP contribution in [0.3, 0.4) is 0 Å². The maximum absolute atomic E-state index is 12.0. The summed E-state index contributed by atoms with van der Waals surface area (Å²) in [6.07, 6.45) is 1.87. The van der Waals surface area contributed by atoms with Gasteiger partial charge in [0.15, 0.2) is 0 Å². The van der Waals surface area contributed by atoms with Crippen molar-refractivity contribution in [3.63, 3.8) is 0 Å². The number of carbonyl (C=O) groups is 2. The first-order valence-electron chi connectivity index (χ1n) is 6.99. The first-order chi connectivity index (χ1) is 9.02. The Morgan fingerprint density at radius 2 is 2.00 bits per heavy atom. The Kier molecular flexibility index (Phi) is 6.62. The van der Waals surface area contributed by atoms with E-state index >= 15 is 0 Å². The summed E-state index contributed by atoms with van der Waals surface area (Å²) < 4.78 is 0. The van der Waals surface area contributed by atoms with Crippen LogP contribution in [-0.4, -0.2) is 66.2 Å². The second-order valence-corrected chi connectivity index (χ2v) is 5.21. The molecule has 0 aliphatic carbocycles. The Balaban J connectivity index is 2.35. The minimum absolute atomic E-state index is 0.0301. The fourth-order valence-corrected chi connectivity index (χ4v) is 2.04. The van der Waals surface area contributed by atoms with Gasteiger partial charge in [-0.25, -0.2) is 4.79 Å². The maximum Gasteiger partial charge on any atom is 0.317 e. The number of carboxylic acid groups (broad SMARTS) is 1. The number of carboxylic acids is 1. The Bertz CT molecular complexity index is 310. The Labute approximate surface area is 114 Å². The predicted molar refractivity (Wildman–Crippen MR) is 73.1 cm³/mol. The molecule has 2 N–H and O–H groups in total. The van der Waals surface area contributed by atoms with Gasteiger partial charge in [-0.15, -0.1) is 0 Å². The molecule has 1 heterocycles. The summed E-state index contributed by atoms with van der Waals surface area (Å²) in [5.74, 6) is -0.325.